The van der Waals surface area contributed by atoms with Crippen LogP contribution in [0.2, 0.25) is 0 Å². The van der Waals surface area contributed by atoms with Crippen molar-refractivity contribution in [1.82, 2.24) is 0 Å². The lowest BCUT2D eigenvalue weighted by molar-refractivity contribution is 0.100. The van der Waals surface area contributed by atoms with Gasteiger partial charge in [0.2, 0.25) is 5.91 Å². The van der Waals surface area contributed by atoms with Gasteiger partial charge in [-0.15, -0.1) is 11.3 Å². The number of primary amides is 1. The molecule has 106 valence electrons. The standard InChI is InChI=1S/C12H11BrN2O3S2/c1-7-10(6-11(13)19-7)20(17,18)15-9-4-2-3-8(5-9)12(14)16/h2-6,15H,1H3,(H2,14,16). The predicted molar refractivity (Wildman–Crippen MR) is 82.5 cm³/mol. The van der Waals surface area contributed by atoms with E-state index in [0.717, 1.165) is 3.79 Å². The number of rotatable bonds is 4. The second kappa shape index (κ2) is 5.55. The quantitative estimate of drug-likeness (QED) is 0.861. The fraction of sp³-hybridized carbons (Fsp3) is 0.0833. The number of benzene rings is 1. The maximum absolute atomic E-state index is 12.3. The summed E-state index contributed by atoms with van der Waals surface area (Å²) in [7, 11) is -3.69. The van der Waals surface area contributed by atoms with Gasteiger partial charge in [-0.05, 0) is 47.1 Å². The lowest BCUT2D eigenvalue weighted by atomic mass is 10.2. The highest BCUT2D eigenvalue weighted by Gasteiger charge is 2.19. The van der Waals surface area contributed by atoms with Crippen LogP contribution < -0.4 is 10.5 Å². The minimum Gasteiger partial charge on any atom is -0.366 e. The second-order valence-corrected chi connectivity index (χ2v) is 8.31. The van der Waals surface area contributed by atoms with E-state index in [4.69, 9.17) is 5.73 Å². The highest BCUT2D eigenvalue weighted by molar-refractivity contribution is 9.11. The lowest BCUT2D eigenvalue weighted by Gasteiger charge is -2.08. The number of nitrogens with two attached hydrogens (primary N) is 1. The molecule has 0 aliphatic rings. The highest BCUT2D eigenvalue weighted by atomic mass is 79.9. The van der Waals surface area contributed by atoms with Crippen molar-refractivity contribution in [2.45, 2.75) is 11.8 Å². The van der Waals surface area contributed by atoms with Crippen LogP contribution in [0, 0.1) is 6.92 Å². The molecule has 2 rings (SSSR count). The number of hydrogen-bond donors (Lipinski definition) is 2. The van der Waals surface area contributed by atoms with Crippen LogP contribution in [0.3, 0.4) is 0 Å². The van der Waals surface area contributed by atoms with Crippen LogP contribution >= 0.6 is 27.3 Å². The number of anilines is 1. The molecule has 20 heavy (non-hydrogen) atoms. The SMILES string of the molecule is Cc1sc(Br)cc1S(=O)(=O)Nc1cccc(C(N)=O)c1. The van der Waals surface area contributed by atoms with E-state index in [1.54, 1.807) is 25.1 Å². The van der Waals surface area contributed by atoms with Crippen molar-refractivity contribution in [3.63, 3.8) is 0 Å². The summed E-state index contributed by atoms with van der Waals surface area (Å²) in [6, 6.07) is 7.58. The molecule has 3 N–H and O–H groups in total. The first-order valence-electron chi connectivity index (χ1n) is 5.48. The van der Waals surface area contributed by atoms with Crippen molar-refractivity contribution >= 4 is 48.9 Å². The van der Waals surface area contributed by atoms with Crippen molar-refractivity contribution in [3.8, 4) is 0 Å². The Hall–Kier alpha value is -1.38. The highest BCUT2D eigenvalue weighted by Crippen LogP contribution is 2.30. The molecule has 1 aromatic heterocycles. The molecular weight excluding hydrogens is 364 g/mol. The Morgan fingerprint density at radius 1 is 1.35 bits per heavy atom. The second-order valence-electron chi connectivity index (χ2n) is 4.02. The van der Waals surface area contributed by atoms with Gasteiger partial charge in [-0.3, -0.25) is 9.52 Å². The Bertz CT molecular complexity index is 769. The number of hydrogen-bond acceptors (Lipinski definition) is 4. The van der Waals surface area contributed by atoms with Gasteiger partial charge in [-0.2, -0.15) is 0 Å². The first kappa shape index (κ1) is 15.0. The molecule has 0 saturated carbocycles. The fourth-order valence-corrected chi connectivity index (χ4v) is 5.11. The number of nitrogens with one attached hydrogen (secondary N) is 1. The zero-order chi connectivity index (χ0) is 14.9. The van der Waals surface area contributed by atoms with Gasteiger partial charge >= 0.3 is 0 Å². The van der Waals surface area contributed by atoms with E-state index in [-0.39, 0.29) is 10.5 Å². The van der Waals surface area contributed by atoms with E-state index in [1.165, 1.54) is 23.5 Å². The van der Waals surface area contributed by atoms with Crippen molar-refractivity contribution in [2.24, 2.45) is 5.73 Å². The molecular formula is C12H11BrN2O3S2. The van der Waals surface area contributed by atoms with Crippen LogP contribution in [0.5, 0.6) is 0 Å². The summed E-state index contributed by atoms with van der Waals surface area (Å²) >= 11 is 4.59. The largest absolute Gasteiger partial charge is 0.366 e. The number of aryl methyl sites for hydroxylation is 1. The molecule has 0 aliphatic carbocycles. The number of halogens is 1. The number of amides is 1. The first-order valence-corrected chi connectivity index (χ1v) is 8.57. The number of sulfonamides is 1. The molecule has 1 heterocycles. The van der Waals surface area contributed by atoms with E-state index in [9.17, 15) is 13.2 Å². The summed E-state index contributed by atoms with van der Waals surface area (Å²) in [6.07, 6.45) is 0. The van der Waals surface area contributed by atoms with Crippen molar-refractivity contribution in [2.75, 3.05) is 4.72 Å². The maximum Gasteiger partial charge on any atom is 0.263 e. The third-order valence-electron chi connectivity index (χ3n) is 2.53. The average molecular weight is 375 g/mol. The Morgan fingerprint density at radius 3 is 2.60 bits per heavy atom. The van der Waals surface area contributed by atoms with Crippen LogP contribution in [0.15, 0.2) is 39.0 Å². The molecule has 8 heteroatoms. The molecule has 0 bridgehead atoms. The Morgan fingerprint density at radius 2 is 2.05 bits per heavy atom. The van der Waals surface area contributed by atoms with Crippen LogP contribution in [0.4, 0.5) is 5.69 Å². The summed E-state index contributed by atoms with van der Waals surface area (Å²) < 4.78 is 27.7. The monoisotopic (exact) mass is 374 g/mol. The zero-order valence-corrected chi connectivity index (χ0v) is 13.6. The summed E-state index contributed by atoms with van der Waals surface area (Å²) in [5.41, 5.74) is 5.70. The van der Waals surface area contributed by atoms with Crippen LogP contribution in [-0.2, 0) is 10.0 Å². The maximum atomic E-state index is 12.3. The molecule has 0 atom stereocenters. The summed E-state index contributed by atoms with van der Waals surface area (Å²) in [5.74, 6) is -0.611. The lowest BCUT2D eigenvalue weighted by Crippen LogP contribution is -2.15. The van der Waals surface area contributed by atoms with Gasteiger partial charge in [-0.1, -0.05) is 6.07 Å². The molecule has 0 saturated heterocycles. The number of thiophene rings is 1. The van der Waals surface area contributed by atoms with Gasteiger partial charge in [0, 0.05) is 16.1 Å². The number of carbonyl (C=O) groups is 1. The van der Waals surface area contributed by atoms with Gasteiger partial charge < -0.3 is 5.73 Å². The molecule has 0 spiro atoms. The molecule has 0 fully saturated rings. The smallest absolute Gasteiger partial charge is 0.263 e. The molecule has 1 aromatic carbocycles. The predicted octanol–water partition coefficient (Wildman–Crippen LogP) is 2.72. The third-order valence-corrected chi connectivity index (χ3v) is 5.72. The molecule has 0 aliphatic heterocycles. The molecule has 0 radical (unpaired) electrons. The Labute approximate surface area is 129 Å². The summed E-state index contributed by atoms with van der Waals surface area (Å²) in [6.45, 7) is 1.73. The van der Waals surface area contributed by atoms with E-state index in [2.05, 4.69) is 20.7 Å². The van der Waals surface area contributed by atoms with Gasteiger partial charge in [0.25, 0.3) is 10.0 Å². The van der Waals surface area contributed by atoms with Crippen molar-refractivity contribution in [3.05, 3.63) is 44.6 Å². The first-order chi connectivity index (χ1) is 9.29. The summed E-state index contributed by atoms with van der Waals surface area (Å²) in [4.78, 5) is 12.0. The van der Waals surface area contributed by atoms with E-state index in [0.29, 0.717) is 10.6 Å². The van der Waals surface area contributed by atoms with Crippen LogP contribution in [-0.4, -0.2) is 14.3 Å². The van der Waals surface area contributed by atoms with E-state index < -0.39 is 15.9 Å². The minimum atomic E-state index is -3.69. The van der Waals surface area contributed by atoms with Gasteiger partial charge in [0.15, 0.2) is 0 Å². The third kappa shape index (κ3) is 3.20. The summed E-state index contributed by atoms with van der Waals surface area (Å²) in [5, 5.41) is 0. The van der Waals surface area contributed by atoms with Crippen molar-refractivity contribution < 1.29 is 13.2 Å². The Balaban J connectivity index is 2.36. The van der Waals surface area contributed by atoms with E-state index in [1.807, 2.05) is 0 Å². The Kier molecular flexibility index (Phi) is 4.17. The number of carbonyl (C=O) groups excluding carboxylic acids is 1. The van der Waals surface area contributed by atoms with Crippen molar-refractivity contribution in [1.29, 1.82) is 0 Å². The van der Waals surface area contributed by atoms with Gasteiger partial charge in [0.1, 0.15) is 4.90 Å². The van der Waals surface area contributed by atoms with E-state index >= 15 is 0 Å². The zero-order valence-electron chi connectivity index (χ0n) is 10.4. The molecule has 0 unspecified atom stereocenters. The van der Waals surface area contributed by atoms with Gasteiger partial charge in [0.05, 0.1) is 3.79 Å². The molecule has 2 aromatic rings. The fourth-order valence-electron chi connectivity index (χ4n) is 1.64. The normalized spacial score (nSPS) is 11.3. The molecule has 1 amide bonds. The topological polar surface area (TPSA) is 89.3 Å². The van der Waals surface area contributed by atoms with Crippen LogP contribution in [0.1, 0.15) is 15.2 Å². The average Bonchev–Trinajstić information content (AvgIpc) is 2.69. The van der Waals surface area contributed by atoms with Crippen LogP contribution in [0.25, 0.3) is 0 Å². The van der Waals surface area contributed by atoms with Gasteiger partial charge in [-0.25, -0.2) is 8.42 Å². The minimum absolute atomic E-state index is 0.207. The molecule has 5 nitrogen and oxygen atoms in total.